The zero-order chi connectivity index (χ0) is 20.6. The van der Waals surface area contributed by atoms with Crippen LogP contribution in [-0.2, 0) is 24.3 Å². The number of hydrogen-bond donors (Lipinski definition) is 0. The van der Waals surface area contributed by atoms with Crippen molar-refractivity contribution in [3.8, 4) is 11.1 Å². The van der Waals surface area contributed by atoms with Gasteiger partial charge in [0.25, 0.3) is 0 Å². The van der Waals surface area contributed by atoms with Crippen molar-refractivity contribution in [1.29, 1.82) is 0 Å². The molecule has 4 aromatic carbocycles. The molecule has 0 N–H and O–H groups in total. The fourth-order valence-electron chi connectivity index (χ4n) is 3.68. The fourth-order valence-corrected chi connectivity index (χ4v) is 3.68. The molecule has 0 amide bonds. The molecule has 30 heavy (non-hydrogen) atoms. The maximum absolute atomic E-state index is 10.8. The summed E-state index contributed by atoms with van der Waals surface area (Å²) in [4.78, 5) is 13.2. The second kappa shape index (κ2) is 9.71. The van der Waals surface area contributed by atoms with Gasteiger partial charge in [0.05, 0.1) is 0 Å². The fraction of sp³-hybridized carbons (Fsp3) is 0.107. The van der Waals surface area contributed by atoms with E-state index in [0.29, 0.717) is 6.42 Å². The van der Waals surface area contributed by atoms with Crippen LogP contribution in [0.4, 0.5) is 5.69 Å². The first-order valence-corrected chi connectivity index (χ1v) is 10.3. The van der Waals surface area contributed by atoms with Gasteiger partial charge >= 0.3 is 0 Å². The Hall–Kier alpha value is -3.65. The third-order valence-electron chi connectivity index (χ3n) is 5.24. The number of benzene rings is 4. The molecule has 148 valence electrons. The highest BCUT2D eigenvalue weighted by Gasteiger charge is 2.09. The first-order chi connectivity index (χ1) is 14.8. The van der Waals surface area contributed by atoms with Crippen molar-refractivity contribution in [3.05, 3.63) is 126 Å². The van der Waals surface area contributed by atoms with E-state index in [9.17, 15) is 4.79 Å². The van der Waals surface area contributed by atoms with Gasteiger partial charge in [0, 0.05) is 25.2 Å². The van der Waals surface area contributed by atoms with Crippen molar-refractivity contribution < 1.29 is 4.79 Å². The van der Waals surface area contributed by atoms with E-state index in [4.69, 9.17) is 0 Å². The van der Waals surface area contributed by atoms with Crippen molar-refractivity contribution in [2.75, 3.05) is 4.90 Å². The van der Waals surface area contributed by atoms with E-state index in [2.05, 4.69) is 102 Å². The monoisotopic (exact) mass is 391 g/mol. The molecule has 0 spiro atoms. The second-order valence-electron chi connectivity index (χ2n) is 7.45. The molecule has 4 rings (SSSR count). The predicted octanol–water partition coefficient (Wildman–Crippen LogP) is 6.30. The third kappa shape index (κ3) is 5.03. The van der Waals surface area contributed by atoms with Gasteiger partial charge in [-0.05, 0) is 39.9 Å². The molecule has 0 aliphatic rings. The maximum atomic E-state index is 10.8. The van der Waals surface area contributed by atoms with Gasteiger partial charge in [-0.2, -0.15) is 0 Å². The molecular formula is C28H25NO. The van der Waals surface area contributed by atoms with E-state index in [-0.39, 0.29) is 0 Å². The Labute approximate surface area is 178 Å². The van der Waals surface area contributed by atoms with E-state index in [0.717, 1.165) is 36.1 Å². The molecule has 0 bridgehead atoms. The standard InChI is InChI=1S/C28H25NO/c30-19-18-23-12-7-13-27(20-23)26-14-16-28(17-15-26)29(21-24-8-3-1-4-9-24)22-25-10-5-2-6-11-25/h1-17,19-20H,18,21-22H2. The van der Waals surface area contributed by atoms with Crippen LogP contribution in [0.25, 0.3) is 11.1 Å². The van der Waals surface area contributed by atoms with Crippen LogP contribution in [0.2, 0.25) is 0 Å². The molecule has 0 aliphatic carbocycles. The number of aldehydes is 1. The highest BCUT2D eigenvalue weighted by molar-refractivity contribution is 5.68. The smallest absolute Gasteiger partial charge is 0.124 e. The Morgan fingerprint density at radius 1 is 0.567 bits per heavy atom. The number of carbonyl (C=O) groups is 1. The summed E-state index contributed by atoms with van der Waals surface area (Å²) in [7, 11) is 0. The average molecular weight is 392 g/mol. The third-order valence-corrected chi connectivity index (χ3v) is 5.24. The van der Waals surface area contributed by atoms with Crippen LogP contribution < -0.4 is 4.90 Å². The van der Waals surface area contributed by atoms with Crippen molar-refractivity contribution in [3.63, 3.8) is 0 Å². The first-order valence-electron chi connectivity index (χ1n) is 10.3. The number of hydrogen-bond acceptors (Lipinski definition) is 2. The molecule has 0 aromatic heterocycles. The van der Waals surface area contributed by atoms with Crippen LogP contribution in [-0.4, -0.2) is 6.29 Å². The quantitative estimate of drug-likeness (QED) is 0.328. The van der Waals surface area contributed by atoms with E-state index in [1.165, 1.54) is 16.8 Å². The molecule has 0 fully saturated rings. The Morgan fingerprint density at radius 2 is 1.13 bits per heavy atom. The summed E-state index contributed by atoms with van der Waals surface area (Å²) in [6.45, 7) is 1.70. The maximum Gasteiger partial charge on any atom is 0.124 e. The van der Waals surface area contributed by atoms with Crippen molar-refractivity contribution >= 4 is 12.0 Å². The summed E-state index contributed by atoms with van der Waals surface area (Å²) < 4.78 is 0. The SMILES string of the molecule is O=CCc1cccc(-c2ccc(N(Cc3ccccc3)Cc3ccccc3)cc2)c1. The molecule has 4 aromatic rings. The molecule has 0 atom stereocenters. The Balaban J connectivity index is 1.60. The van der Waals surface area contributed by atoms with Crippen molar-refractivity contribution in [2.45, 2.75) is 19.5 Å². The molecule has 0 unspecified atom stereocenters. The second-order valence-corrected chi connectivity index (χ2v) is 7.45. The Kier molecular flexibility index (Phi) is 6.36. The van der Waals surface area contributed by atoms with Crippen LogP contribution >= 0.6 is 0 Å². The van der Waals surface area contributed by atoms with Crippen LogP contribution in [0.5, 0.6) is 0 Å². The highest BCUT2D eigenvalue weighted by atomic mass is 16.1. The minimum absolute atomic E-state index is 0.452. The largest absolute Gasteiger partial charge is 0.363 e. The normalized spacial score (nSPS) is 10.5. The lowest BCUT2D eigenvalue weighted by molar-refractivity contribution is -0.107. The summed E-state index contributed by atoms with van der Waals surface area (Å²) in [5.41, 5.74) is 7.11. The zero-order valence-electron chi connectivity index (χ0n) is 16.9. The number of rotatable bonds is 8. The van der Waals surface area contributed by atoms with E-state index >= 15 is 0 Å². The highest BCUT2D eigenvalue weighted by Crippen LogP contribution is 2.26. The van der Waals surface area contributed by atoms with E-state index < -0.39 is 0 Å². The minimum Gasteiger partial charge on any atom is -0.363 e. The predicted molar refractivity (Wildman–Crippen MR) is 124 cm³/mol. The molecule has 0 radical (unpaired) electrons. The van der Waals surface area contributed by atoms with Gasteiger partial charge in [0.1, 0.15) is 6.29 Å². The van der Waals surface area contributed by atoms with E-state index in [1.807, 2.05) is 12.1 Å². The summed E-state index contributed by atoms with van der Waals surface area (Å²) in [6, 6.07) is 38.0. The summed E-state index contributed by atoms with van der Waals surface area (Å²) in [6.07, 6.45) is 1.40. The van der Waals surface area contributed by atoms with Gasteiger partial charge in [0.15, 0.2) is 0 Å². The van der Waals surface area contributed by atoms with Crippen molar-refractivity contribution in [2.24, 2.45) is 0 Å². The molecule has 0 aliphatic heterocycles. The van der Waals surface area contributed by atoms with Gasteiger partial charge in [0.2, 0.25) is 0 Å². The van der Waals surface area contributed by atoms with Crippen LogP contribution in [0.15, 0.2) is 109 Å². The average Bonchev–Trinajstić information content (AvgIpc) is 2.81. The van der Waals surface area contributed by atoms with Crippen molar-refractivity contribution in [1.82, 2.24) is 0 Å². The van der Waals surface area contributed by atoms with Crippen LogP contribution in [0.1, 0.15) is 16.7 Å². The summed E-state index contributed by atoms with van der Waals surface area (Å²) in [5, 5.41) is 0. The summed E-state index contributed by atoms with van der Waals surface area (Å²) >= 11 is 0. The van der Waals surface area contributed by atoms with Gasteiger partial charge in [-0.15, -0.1) is 0 Å². The molecule has 0 heterocycles. The Morgan fingerprint density at radius 3 is 1.70 bits per heavy atom. The van der Waals surface area contributed by atoms with Gasteiger partial charge in [-0.25, -0.2) is 0 Å². The Bertz CT molecular complexity index is 1030. The molecule has 0 saturated carbocycles. The summed E-state index contributed by atoms with van der Waals surface area (Å²) in [5.74, 6) is 0. The number of carbonyl (C=O) groups excluding carboxylic acids is 1. The van der Waals surface area contributed by atoms with Gasteiger partial charge < -0.3 is 9.69 Å². The van der Waals surface area contributed by atoms with Crippen LogP contribution in [0.3, 0.4) is 0 Å². The first kappa shape index (κ1) is 19.7. The molecule has 0 saturated heterocycles. The lowest BCUT2D eigenvalue weighted by Gasteiger charge is -2.25. The lowest BCUT2D eigenvalue weighted by Crippen LogP contribution is -2.22. The number of nitrogens with zero attached hydrogens (tertiary/aromatic N) is 1. The van der Waals surface area contributed by atoms with E-state index in [1.54, 1.807) is 0 Å². The number of anilines is 1. The molecular weight excluding hydrogens is 366 g/mol. The molecule has 2 nitrogen and oxygen atoms in total. The lowest BCUT2D eigenvalue weighted by atomic mass is 10.0. The zero-order valence-corrected chi connectivity index (χ0v) is 16.9. The minimum atomic E-state index is 0.452. The van der Waals surface area contributed by atoms with Crippen LogP contribution in [0, 0.1) is 0 Å². The topological polar surface area (TPSA) is 20.3 Å². The van der Waals surface area contributed by atoms with Gasteiger partial charge in [-0.1, -0.05) is 97.1 Å². The van der Waals surface area contributed by atoms with Gasteiger partial charge in [-0.3, -0.25) is 0 Å². The molecule has 2 heteroatoms.